The Morgan fingerprint density at radius 1 is 1.08 bits per heavy atom. The Kier molecular flexibility index (Phi) is 6.08. The summed E-state index contributed by atoms with van der Waals surface area (Å²) in [7, 11) is -1.21. The highest BCUT2D eigenvalue weighted by atomic mass is 28.3. The summed E-state index contributed by atoms with van der Waals surface area (Å²) < 4.78 is 8.34. The van der Waals surface area contributed by atoms with Gasteiger partial charge in [-0.05, 0) is 25.2 Å². The summed E-state index contributed by atoms with van der Waals surface area (Å²) in [5.74, 6) is 0. The molecule has 0 rings (SSSR count). The van der Waals surface area contributed by atoms with Crippen LogP contribution in [0.2, 0.25) is 13.1 Å². The van der Waals surface area contributed by atoms with Gasteiger partial charge in [0.15, 0.2) is 9.04 Å². The van der Waals surface area contributed by atoms with Gasteiger partial charge < -0.3 is 8.68 Å². The first-order valence-electron chi connectivity index (χ1n) is 4.82. The molecule has 0 aliphatic heterocycles. The van der Waals surface area contributed by atoms with E-state index in [1.165, 1.54) is 0 Å². The molecule has 0 spiro atoms. The molecule has 0 bridgehead atoms. The first-order chi connectivity index (χ1) is 5.45. The molecule has 0 aliphatic rings. The highest BCUT2D eigenvalue weighted by Gasteiger charge is 2.13. The third kappa shape index (κ3) is 5.08. The van der Waals surface area contributed by atoms with Crippen LogP contribution in [0.5, 0.6) is 0 Å². The normalized spacial score (nSPS) is 13.5. The number of rotatable bonds is 5. The molecule has 4 heteroatoms. The zero-order valence-corrected chi connectivity index (χ0v) is 11.9. The molecule has 2 nitrogen and oxygen atoms in total. The quantitative estimate of drug-likeness (QED) is 0.623. The first kappa shape index (κ1) is 12.4. The van der Waals surface area contributed by atoms with Gasteiger partial charge in [0.1, 0.15) is 0 Å². The van der Waals surface area contributed by atoms with Gasteiger partial charge >= 0.3 is 0 Å². The summed E-state index contributed by atoms with van der Waals surface area (Å²) in [5.41, 5.74) is 0. The highest BCUT2D eigenvalue weighted by molar-refractivity contribution is 6.55. The third-order valence-corrected chi connectivity index (χ3v) is 6.91. The lowest BCUT2D eigenvalue weighted by molar-refractivity contribution is 0.284. The molecule has 0 radical (unpaired) electrons. The summed E-state index contributed by atoms with van der Waals surface area (Å²) in [6.07, 6.45) is 0. The molecular weight excluding hydrogens is 182 g/mol. The molecule has 0 amide bonds. The molecule has 0 unspecified atom stereocenters. The topological polar surface area (TPSA) is 12.5 Å². The van der Waals surface area contributed by atoms with E-state index in [1.807, 2.05) is 0 Å². The van der Waals surface area contributed by atoms with E-state index in [1.54, 1.807) is 0 Å². The zero-order valence-electron chi connectivity index (χ0n) is 9.29. The van der Waals surface area contributed by atoms with E-state index in [2.05, 4.69) is 45.4 Å². The first-order valence-corrected chi connectivity index (χ1v) is 8.81. The second-order valence-corrected chi connectivity index (χ2v) is 8.47. The molecule has 0 aromatic rings. The van der Waals surface area contributed by atoms with Crippen molar-refractivity contribution in [3.8, 4) is 0 Å². The highest BCUT2D eigenvalue weighted by Crippen LogP contribution is 2.03. The fourth-order valence-corrected chi connectivity index (χ4v) is 3.61. The van der Waals surface area contributed by atoms with E-state index in [4.69, 9.17) is 4.12 Å². The maximum absolute atomic E-state index is 5.83. The standard InChI is InChI=1S/C8H23NOSi2/c1-7(2)9(8(3)4)11-10-12(5)6/h7-8,12H,11H2,1-6H3. The van der Waals surface area contributed by atoms with Crippen LogP contribution in [0, 0.1) is 0 Å². The molecule has 0 atom stereocenters. The third-order valence-electron chi connectivity index (χ3n) is 1.88. The second kappa shape index (κ2) is 5.91. The molecule has 0 aromatic carbocycles. The summed E-state index contributed by atoms with van der Waals surface area (Å²) >= 11 is 0. The minimum Gasteiger partial charge on any atom is -0.451 e. The van der Waals surface area contributed by atoms with Gasteiger partial charge in [0, 0.05) is 0 Å². The van der Waals surface area contributed by atoms with E-state index in [9.17, 15) is 0 Å². The predicted octanol–water partition coefficient (Wildman–Crippen LogP) is 1.10. The summed E-state index contributed by atoms with van der Waals surface area (Å²) in [6.45, 7) is 13.5. The molecular formula is C8H23NOSi2. The lowest BCUT2D eigenvalue weighted by Crippen LogP contribution is -2.42. The Bertz CT molecular complexity index is 110. The van der Waals surface area contributed by atoms with Crippen molar-refractivity contribution in [2.75, 3.05) is 0 Å². The van der Waals surface area contributed by atoms with Crippen LogP contribution in [0.25, 0.3) is 0 Å². The molecule has 0 saturated heterocycles. The van der Waals surface area contributed by atoms with Crippen molar-refractivity contribution in [3.05, 3.63) is 0 Å². The van der Waals surface area contributed by atoms with Gasteiger partial charge in [-0.1, -0.05) is 27.7 Å². The van der Waals surface area contributed by atoms with Crippen LogP contribution in [0.3, 0.4) is 0 Å². The molecule has 0 N–H and O–H groups in total. The average molecular weight is 205 g/mol. The van der Waals surface area contributed by atoms with Crippen LogP contribution < -0.4 is 0 Å². The summed E-state index contributed by atoms with van der Waals surface area (Å²) in [5, 5.41) is 0. The van der Waals surface area contributed by atoms with E-state index in [-0.39, 0.29) is 0 Å². The van der Waals surface area contributed by atoms with Crippen molar-refractivity contribution in [2.24, 2.45) is 0 Å². The van der Waals surface area contributed by atoms with Gasteiger partial charge in [-0.25, -0.2) is 0 Å². The zero-order chi connectivity index (χ0) is 9.72. The lowest BCUT2D eigenvalue weighted by Gasteiger charge is -2.30. The Balaban J connectivity index is 3.80. The van der Waals surface area contributed by atoms with Gasteiger partial charge in [0.2, 0.25) is 9.92 Å². The minimum atomic E-state index is -0.789. The fourth-order valence-electron chi connectivity index (χ4n) is 1.13. The van der Waals surface area contributed by atoms with Crippen molar-refractivity contribution >= 4 is 19.0 Å². The van der Waals surface area contributed by atoms with Crippen molar-refractivity contribution in [3.63, 3.8) is 0 Å². The van der Waals surface area contributed by atoms with E-state index in [0.717, 1.165) is 0 Å². The SMILES string of the molecule is CC(C)N([SiH2]O[SiH](C)C)C(C)C. The molecule has 12 heavy (non-hydrogen) atoms. The van der Waals surface area contributed by atoms with E-state index >= 15 is 0 Å². The van der Waals surface area contributed by atoms with E-state index in [0.29, 0.717) is 12.1 Å². The predicted molar refractivity (Wildman–Crippen MR) is 60.6 cm³/mol. The maximum Gasteiger partial charge on any atom is 0.227 e. The van der Waals surface area contributed by atoms with Crippen molar-refractivity contribution in [1.29, 1.82) is 0 Å². The van der Waals surface area contributed by atoms with Crippen molar-refractivity contribution < 1.29 is 4.12 Å². The Morgan fingerprint density at radius 2 is 1.50 bits per heavy atom. The lowest BCUT2D eigenvalue weighted by atomic mass is 10.3. The number of hydrogen-bond donors (Lipinski definition) is 0. The second-order valence-electron chi connectivity index (χ2n) is 4.05. The number of hydrogen-bond acceptors (Lipinski definition) is 2. The van der Waals surface area contributed by atoms with Crippen LogP contribution >= 0.6 is 0 Å². The summed E-state index contributed by atoms with van der Waals surface area (Å²) in [6, 6.07) is 1.29. The summed E-state index contributed by atoms with van der Waals surface area (Å²) in [4.78, 5) is 0. The molecule has 0 aromatic heterocycles. The van der Waals surface area contributed by atoms with Crippen molar-refractivity contribution in [1.82, 2.24) is 4.57 Å². The van der Waals surface area contributed by atoms with Gasteiger partial charge in [0.05, 0.1) is 0 Å². The van der Waals surface area contributed by atoms with Gasteiger partial charge in [-0.15, -0.1) is 0 Å². The van der Waals surface area contributed by atoms with Gasteiger partial charge in [-0.3, -0.25) is 0 Å². The monoisotopic (exact) mass is 205 g/mol. The Labute approximate surface area is 81.0 Å². The van der Waals surface area contributed by atoms with E-state index < -0.39 is 19.0 Å². The molecule has 74 valence electrons. The van der Waals surface area contributed by atoms with Gasteiger partial charge in [-0.2, -0.15) is 0 Å². The molecule has 0 fully saturated rings. The Morgan fingerprint density at radius 3 is 1.75 bits per heavy atom. The smallest absolute Gasteiger partial charge is 0.227 e. The largest absolute Gasteiger partial charge is 0.451 e. The van der Waals surface area contributed by atoms with Crippen LogP contribution in [-0.4, -0.2) is 35.6 Å². The number of nitrogens with zero attached hydrogens (tertiary/aromatic N) is 1. The molecule has 0 heterocycles. The van der Waals surface area contributed by atoms with Crippen LogP contribution in [-0.2, 0) is 4.12 Å². The van der Waals surface area contributed by atoms with Crippen molar-refractivity contribution in [2.45, 2.75) is 52.9 Å². The fraction of sp³-hybridized carbons (Fsp3) is 1.00. The molecule has 0 saturated carbocycles. The average Bonchev–Trinajstić information content (AvgIpc) is 1.84. The maximum atomic E-state index is 5.83. The Hall–Kier alpha value is 0.354. The van der Waals surface area contributed by atoms with Crippen LogP contribution in [0.1, 0.15) is 27.7 Å². The van der Waals surface area contributed by atoms with Crippen LogP contribution in [0.15, 0.2) is 0 Å². The minimum absolute atomic E-state index is 0.422. The van der Waals surface area contributed by atoms with Crippen LogP contribution in [0.4, 0.5) is 0 Å². The molecule has 0 aliphatic carbocycles. The van der Waals surface area contributed by atoms with Gasteiger partial charge in [0.25, 0.3) is 0 Å².